The van der Waals surface area contributed by atoms with E-state index in [1.54, 1.807) is 6.92 Å². The number of hydrogen-bond donors (Lipinski definition) is 1. The normalized spacial score (nSPS) is 10.3. The number of carbonyl (C=O) groups excluding carboxylic acids is 1. The molecular weight excluding hydrogens is 236 g/mol. The van der Waals surface area contributed by atoms with E-state index in [0.717, 1.165) is 0 Å². The molecule has 0 saturated carbocycles. The van der Waals surface area contributed by atoms with Crippen LogP contribution >= 0.6 is 0 Å². The number of carboxylic acid groups (broad SMARTS) is 1. The Kier molecular flexibility index (Phi) is 4.92. The van der Waals surface area contributed by atoms with Crippen LogP contribution in [0.25, 0.3) is 6.08 Å². The lowest BCUT2D eigenvalue weighted by atomic mass is 10.1. The van der Waals surface area contributed by atoms with Gasteiger partial charge in [-0.05, 0) is 31.2 Å². The summed E-state index contributed by atoms with van der Waals surface area (Å²) in [5.74, 6) is -1.04. The highest BCUT2D eigenvalue weighted by atomic mass is 16.5. The lowest BCUT2D eigenvalue weighted by Gasteiger charge is -2.05. The Balaban J connectivity index is 3.01. The molecule has 0 saturated heterocycles. The van der Waals surface area contributed by atoms with Gasteiger partial charge in [0.15, 0.2) is 0 Å². The van der Waals surface area contributed by atoms with E-state index in [9.17, 15) is 9.59 Å². The third kappa shape index (κ3) is 3.62. The van der Waals surface area contributed by atoms with Gasteiger partial charge in [-0.1, -0.05) is 0 Å². The number of hydrogen-bond acceptors (Lipinski definition) is 4. The molecule has 5 heteroatoms. The van der Waals surface area contributed by atoms with E-state index in [-0.39, 0.29) is 12.2 Å². The van der Waals surface area contributed by atoms with Gasteiger partial charge in [0.05, 0.1) is 19.3 Å². The minimum atomic E-state index is -1.04. The molecule has 0 heterocycles. The van der Waals surface area contributed by atoms with Gasteiger partial charge in [-0.2, -0.15) is 0 Å². The number of carbonyl (C=O) groups is 2. The molecule has 1 aromatic rings. The number of methoxy groups -OCH3 is 1. The van der Waals surface area contributed by atoms with Gasteiger partial charge >= 0.3 is 11.9 Å². The van der Waals surface area contributed by atoms with Crippen LogP contribution in [0.1, 0.15) is 22.8 Å². The number of esters is 1. The maximum absolute atomic E-state index is 11.2. The summed E-state index contributed by atoms with van der Waals surface area (Å²) >= 11 is 0. The fourth-order valence-electron chi connectivity index (χ4n) is 1.35. The van der Waals surface area contributed by atoms with Crippen LogP contribution in [-0.4, -0.2) is 30.8 Å². The van der Waals surface area contributed by atoms with Crippen molar-refractivity contribution in [3.63, 3.8) is 0 Å². The predicted molar refractivity (Wildman–Crippen MR) is 65.6 cm³/mol. The number of aromatic carboxylic acids is 1. The third-order valence-corrected chi connectivity index (χ3v) is 2.16. The topological polar surface area (TPSA) is 72.8 Å². The van der Waals surface area contributed by atoms with Gasteiger partial charge in [0.25, 0.3) is 0 Å². The van der Waals surface area contributed by atoms with Crippen LogP contribution in [0.4, 0.5) is 0 Å². The summed E-state index contributed by atoms with van der Waals surface area (Å²) in [5, 5.41) is 8.88. The van der Waals surface area contributed by atoms with Gasteiger partial charge in [0, 0.05) is 11.6 Å². The van der Waals surface area contributed by atoms with Crippen LogP contribution in [0.3, 0.4) is 0 Å². The summed E-state index contributed by atoms with van der Waals surface area (Å²) in [6.45, 7) is 1.99. The summed E-state index contributed by atoms with van der Waals surface area (Å²) in [7, 11) is 1.47. The standard InChI is InChI=1S/C13H14O5/c1-3-18-12(14)7-5-9-8-10(13(15)16)4-6-11(9)17-2/h4-8H,3H2,1-2H3,(H,15,16). The second kappa shape index (κ2) is 6.44. The first kappa shape index (κ1) is 13.8. The molecule has 0 fully saturated rings. The fraction of sp³-hybridized carbons (Fsp3) is 0.231. The zero-order chi connectivity index (χ0) is 13.5. The molecule has 0 spiro atoms. The molecule has 96 valence electrons. The van der Waals surface area contributed by atoms with Crippen molar-refractivity contribution in [3.05, 3.63) is 35.4 Å². The monoisotopic (exact) mass is 250 g/mol. The molecule has 0 bridgehead atoms. The van der Waals surface area contributed by atoms with Gasteiger partial charge < -0.3 is 14.6 Å². The summed E-state index contributed by atoms with van der Waals surface area (Å²) in [4.78, 5) is 22.0. The molecule has 18 heavy (non-hydrogen) atoms. The first-order chi connectivity index (χ1) is 8.58. The van der Waals surface area contributed by atoms with Gasteiger partial charge in [-0.25, -0.2) is 9.59 Å². The Hall–Kier alpha value is -2.30. The van der Waals surface area contributed by atoms with E-state index in [1.807, 2.05) is 0 Å². The Morgan fingerprint density at radius 2 is 2.11 bits per heavy atom. The van der Waals surface area contributed by atoms with Crippen molar-refractivity contribution in [1.82, 2.24) is 0 Å². The molecule has 1 aromatic carbocycles. The van der Waals surface area contributed by atoms with Crippen LogP contribution in [0.5, 0.6) is 5.75 Å². The van der Waals surface area contributed by atoms with Gasteiger partial charge in [0.2, 0.25) is 0 Å². The lowest BCUT2D eigenvalue weighted by Crippen LogP contribution is -2.00. The maximum atomic E-state index is 11.2. The quantitative estimate of drug-likeness (QED) is 0.639. The van der Waals surface area contributed by atoms with Crippen molar-refractivity contribution in [3.8, 4) is 5.75 Å². The number of benzene rings is 1. The minimum absolute atomic E-state index is 0.124. The van der Waals surface area contributed by atoms with Crippen molar-refractivity contribution < 1.29 is 24.2 Å². The molecule has 0 aliphatic heterocycles. The highest BCUT2D eigenvalue weighted by Crippen LogP contribution is 2.21. The van der Waals surface area contributed by atoms with Crippen LogP contribution in [0.2, 0.25) is 0 Å². The zero-order valence-corrected chi connectivity index (χ0v) is 10.2. The van der Waals surface area contributed by atoms with E-state index in [2.05, 4.69) is 0 Å². The van der Waals surface area contributed by atoms with Gasteiger partial charge in [0.1, 0.15) is 5.75 Å². The van der Waals surface area contributed by atoms with E-state index in [0.29, 0.717) is 11.3 Å². The molecule has 1 rings (SSSR count). The second-order valence-electron chi connectivity index (χ2n) is 3.35. The summed E-state index contributed by atoms with van der Waals surface area (Å²) in [5.41, 5.74) is 0.629. The van der Waals surface area contributed by atoms with Crippen molar-refractivity contribution in [2.45, 2.75) is 6.92 Å². The molecule has 5 nitrogen and oxygen atoms in total. The Bertz CT molecular complexity index is 476. The third-order valence-electron chi connectivity index (χ3n) is 2.16. The number of rotatable bonds is 5. The molecule has 0 aliphatic rings. The van der Waals surface area contributed by atoms with Crippen LogP contribution in [0, 0.1) is 0 Å². The van der Waals surface area contributed by atoms with Crippen molar-refractivity contribution >= 4 is 18.0 Å². The molecule has 0 unspecified atom stereocenters. The number of carboxylic acids is 1. The maximum Gasteiger partial charge on any atom is 0.335 e. The van der Waals surface area contributed by atoms with E-state index in [1.165, 1.54) is 37.5 Å². The highest BCUT2D eigenvalue weighted by molar-refractivity contribution is 5.91. The minimum Gasteiger partial charge on any atom is -0.496 e. The van der Waals surface area contributed by atoms with E-state index in [4.69, 9.17) is 14.6 Å². The molecule has 0 aliphatic carbocycles. The summed E-state index contributed by atoms with van der Waals surface area (Å²) in [6.07, 6.45) is 2.69. The van der Waals surface area contributed by atoms with E-state index < -0.39 is 11.9 Å². The summed E-state index contributed by atoms with van der Waals surface area (Å²) in [6, 6.07) is 4.40. The van der Waals surface area contributed by atoms with Crippen molar-refractivity contribution in [1.29, 1.82) is 0 Å². The van der Waals surface area contributed by atoms with Gasteiger partial charge in [-0.3, -0.25) is 0 Å². The Labute approximate surface area is 105 Å². The van der Waals surface area contributed by atoms with Crippen LogP contribution < -0.4 is 4.74 Å². The van der Waals surface area contributed by atoms with Gasteiger partial charge in [-0.15, -0.1) is 0 Å². The molecule has 0 amide bonds. The average Bonchev–Trinajstić information content (AvgIpc) is 2.36. The average molecular weight is 250 g/mol. The molecule has 0 atom stereocenters. The summed E-state index contributed by atoms with van der Waals surface area (Å²) < 4.78 is 9.81. The Morgan fingerprint density at radius 3 is 2.67 bits per heavy atom. The van der Waals surface area contributed by atoms with E-state index >= 15 is 0 Å². The molecule has 0 radical (unpaired) electrons. The van der Waals surface area contributed by atoms with Crippen LogP contribution in [0.15, 0.2) is 24.3 Å². The van der Waals surface area contributed by atoms with Crippen molar-refractivity contribution in [2.24, 2.45) is 0 Å². The predicted octanol–water partition coefficient (Wildman–Crippen LogP) is 1.97. The highest BCUT2D eigenvalue weighted by Gasteiger charge is 2.07. The smallest absolute Gasteiger partial charge is 0.335 e. The van der Waals surface area contributed by atoms with Crippen molar-refractivity contribution in [2.75, 3.05) is 13.7 Å². The molecular formula is C13H14O5. The lowest BCUT2D eigenvalue weighted by molar-refractivity contribution is -0.137. The fourth-order valence-corrected chi connectivity index (χ4v) is 1.35. The molecule has 0 aromatic heterocycles. The zero-order valence-electron chi connectivity index (χ0n) is 10.2. The first-order valence-corrected chi connectivity index (χ1v) is 5.34. The second-order valence-corrected chi connectivity index (χ2v) is 3.35. The Morgan fingerprint density at radius 1 is 1.39 bits per heavy atom. The first-order valence-electron chi connectivity index (χ1n) is 5.34. The largest absolute Gasteiger partial charge is 0.496 e. The SMILES string of the molecule is CCOC(=O)C=Cc1cc(C(=O)O)ccc1OC. The molecule has 1 N–H and O–H groups in total. The number of ether oxygens (including phenoxy) is 2. The van der Waals surface area contributed by atoms with Crippen LogP contribution in [-0.2, 0) is 9.53 Å².